The molecule has 2 aromatic rings. The van der Waals surface area contributed by atoms with Crippen LogP contribution in [0.25, 0.3) is 11.3 Å². The van der Waals surface area contributed by atoms with Gasteiger partial charge in [-0.15, -0.1) is 0 Å². The average Bonchev–Trinajstić information content (AvgIpc) is 2.24. The zero-order valence-corrected chi connectivity index (χ0v) is 10.1. The van der Waals surface area contributed by atoms with Gasteiger partial charge < -0.3 is 4.98 Å². The molecular weight excluding hydrogens is 245 g/mol. The molecule has 16 heavy (non-hydrogen) atoms. The third kappa shape index (κ3) is 1.86. The van der Waals surface area contributed by atoms with Crippen LogP contribution in [-0.2, 0) is 0 Å². The number of H-pyrrole nitrogens is 1. The summed E-state index contributed by atoms with van der Waals surface area (Å²) in [7, 11) is 0. The summed E-state index contributed by atoms with van der Waals surface area (Å²) < 4.78 is 0. The molecule has 4 heteroatoms. The summed E-state index contributed by atoms with van der Waals surface area (Å²) in [4.78, 5) is 14.5. The first-order valence-corrected chi connectivity index (χ1v) is 5.49. The molecule has 0 aliphatic rings. The van der Waals surface area contributed by atoms with Crippen molar-refractivity contribution in [2.24, 2.45) is 0 Å². The molecule has 0 aliphatic heterocycles. The summed E-state index contributed by atoms with van der Waals surface area (Å²) in [5.41, 5.74) is 1.91. The lowest BCUT2D eigenvalue weighted by Crippen LogP contribution is -2.06. The smallest absolute Gasteiger partial charge is 0.185 e. The van der Waals surface area contributed by atoms with Gasteiger partial charge >= 0.3 is 0 Å². The number of halogens is 2. The van der Waals surface area contributed by atoms with Gasteiger partial charge in [0.15, 0.2) is 5.43 Å². The van der Waals surface area contributed by atoms with Crippen molar-refractivity contribution in [1.82, 2.24) is 4.98 Å². The number of aromatic amines is 1. The minimum atomic E-state index is -0.0373. The van der Waals surface area contributed by atoms with Gasteiger partial charge in [-0.1, -0.05) is 29.3 Å². The Kier molecular flexibility index (Phi) is 3.03. The monoisotopic (exact) mass is 253 g/mol. The molecule has 0 fully saturated rings. The first-order valence-electron chi connectivity index (χ1n) is 4.74. The largest absolute Gasteiger partial charge is 0.361 e. The fourth-order valence-corrected chi connectivity index (χ4v) is 2.14. The molecule has 0 spiro atoms. The fraction of sp³-hybridized carbons (Fsp3) is 0.0833. The normalized spacial score (nSPS) is 10.4. The molecule has 1 aromatic carbocycles. The Morgan fingerprint density at radius 2 is 1.75 bits per heavy atom. The second-order valence-corrected chi connectivity index (χ2v) is 4.25. The Hall–Kier alpha value is -1.25. The van der Waals surface area contributed by atoms with Crippen molar-refractivity contribution in [2.75, 3.05) is 0 Å². The molecular formula is C12H9Cl2NO. The van der Waals surface area contributed by atoms with Gasteiger partial charge in [-0.25, -0.2) is 0 Å². The van der Waals surface area contributed by atoms with E-state index in [1.807, 2.05) is 0 Å². The highest BCUT2D eigenvalue weighted by Gasteiger charge is 2.12. The van der Waals surface area contributed by atoms with Crippen LogP contribution < -0.4 is 5.43 Å². The number of hydrogen-bond acceptors (Lipinski definition) is 1. The third-order valence-corrected chi connectivity index (χ3v) is 3.05. The second-order valence-electron chi connectivity index (χ2n) is 3.44. The Morgan fingerprint density at radius 3 is 2.38 bits per heavy atom. The molecule has 2 rings (SSSR count). The van der Waals surface area contributed by atoms with Crippen LogP contribution in [0.4, 0.5) is 0 Å². The number of pyridine rings is 1. The van der Waals surface area contributed by atoms with Crippen LogP contribution in [0.15, 0.2) is 35.3 Å². The first-order chi connectivity index (χ1) is 7.61. The van der Waals surface area contributed by atoms with E-state index in [1.165, 1.54) is 6.07 Å². The number of rotatable bonds is 1. The molecule has 2 nitrogen and oxygen atoms in total. The van der Waals surface area contributed by atoms with Gasteiger partial charge in [-0.3, -0.25) is 4.79 Å². The Balaban J connectivity index is 2.78. The predicted octanol–water partition coefficient (Wildman–Crippen LogP) is 3.66. The van der Waals surface area contributed by atoms with Crippen LogP contribution in [0, 0.1) is 6.92 Å². The van der Waals surface area contributed by atoms with E-state index in [9.17, 15) is 4.79 Å². The van der Waals surface area contributed by atoms with E-state index in [0.29, 0.717) is 26.9 Å². The van der Waals surface area contributed by atoms with Crippen LogP contribution in [0.3, 0.4) is 0 Å². The number of hydrogen-bond donors (Lipinski definition) is 1. The maximum Gasteiger partial charge on any atom is 0.185 e. The zero-order valence-electron chi connectivity index (χ0n) is 8.55. The lowest BCUT2D eigenvalue weighted by Gasteiger charge is -2.09. The summed E-state index contributed by atoms with van der Waals surface area (Å²) in [6.45, 7) is 1.74. The van der Waals surface area contributed by atoms with Crippen molar-refractivity contribution in [2.45, 2.75) is 6.92 Å². The van der Waals surface area contributed by atoms with E-state index in [4.69, 9.17) is 23.2 Å². The number of nitrogens with one attached hydrogen (secondary N) is 1. The summed E-state index contributed by atoms with van der Waals surface area (Å²) in [5.74, 6) is 0. The van der Waals surface area contributed by atoms with Crippen LogP contribution in [0.1, 0.15) is 5.56 Å². The highest BCUT2D eigenvalue weighted by molar-refractivity contribution is 6.39. The summed E-state index contributed by atoms with van der Waals surface area (Å²) in [5, 5.41) is 1.05. The fourth-order valence-electron chi connectivity index (χ4n) is 1.55. The van der Waals surface area contributed by atoms with Crippen LogP contribution >= 0.6 is 23.2 Å². The van der Waals surface area contributed by atoms with Crippen molar-refractivity contribution < 1.29 is 0 Å². The molecule has 1 heterocycles. The minimum absolute atomic E-state index is 0.0373. The maximum absolute atomic E-state index is 11.5. The molecule has 0 saturated carbocycles. The summed E-state index contributed by atoms with van der Waals surface area (Å²) in [6.07, 6.45) is 1.59. The van der Waals surface area contributed by atoms with Crippen molar-refractivity contribution in [3.8, 4) is 11.3 Å². The lowest BCUT2D eigenvalue weighted by atomic mass is 10.1. The lowest BCUT2D eigenvalue weighted by molar-refractivity contribution is 1.24. The molecule has 0 saturated heterocycles. The second kappa shape index (κ2) is 4.32. The van der Waals surface area contributed by atoms with Gasteiger partial charge in [0.05, 0.1) is 15.7 Å². The van der Waals surface area contributed by atoms with Crippen molar-refractivity contribution in [1.29, 1.82) is 0 Å². The Labute approximate surface area is 103 Å². The van der Waals surface area contributed by atoms with Crippen molar-refractivity contribution in [3.63, 3.8) is 0 Å². The average molecular weight is 254 g/mol. The number of benzene rings is 1. The van der Waals surface area contributed by atoms with Gasteiger partial charge in [0.25, 0.3) is 0 Å². The Morgan fingerprint density at radius 1 is 1.12 bits per heavy atom. The van der Waals surface area contributed by atoms with Crippen LogP contribution in [-0.4, -0.2) is 4.98 Å². The van der Waals surface area contributed by atoms with E-state index >= 15 is 0 Å². The summed E-state index contributed by atoms with van der Waals surface area (Å²) in [6, 6.07) is 6.73. The van der Waals surface area contributed by atoms with Crippen molar-refractivity contribution >= 4 is 23.2 Å². The van der Waals surface area contributed by atoms with E-state index in [-0.39, 0.29) is 5.43 Å². The Bertz CT molecular complexity index is 570. The molecule has 82 valence electrons. The minimum Gasteiger partial charge on any atom is -0.361 e. The zero-order chi connectivity index (χ0) is 11.7. The standard InChI is InChI=1S/C12H9Cl2NO/c1-7-10(16)5-6-15-12(7)11-8(13)3-2-4-9(11)14/h2-6H,1H3,(H,15,16). The molecule has 1 aromatic heterocycles. The topological polar surface area (TPSA) is 32.9 Å². The van der Waals surface area contributed by atoms with Gasteiger partial charge in [-0.05, 0) is 19.1 Å². The summed E-state index contributed by atoms with van der Waals surface area (Å²) >= 11 is 12.2. The maximum atomic E-state index is 11.5. The highest BCUT2D eigenvalue weighted by atomic mass is 35.5. The van der Waals surface area contributed by atoms with Gasteiger partial charge in [0.2, 0.25) is 0 Å². The predicted molar refractivity (Wildman–Crippen MR) is 67.3 cm³/mol. The highest BCUT2D eigenvalue weighted by Crippen LogP contribution is 2.33. The van der Waals surface area contributed by atoms with Crippen molar-refractivity contribution in [3.05, 3.63) is 56.3 Å². The van der Waals surface area contributed by atoms with Crippen LogP contribution in [0.5, 0.6) is 0 Å². The van der Waals surface area contributed by atoms with E-state index < -0.39 is 0 Å². The third-order valence-electron chi connectivity index (χ3n) is 2.42. The van der Waals surface area contributed by atoms with E-state index in [2.05, 4.69) is 4.98 Å². The van der Waals surface area contributed by atoms with Gasteiger partial charge in [-0.2, -0.15) is 0 Å². The van der Waals surface area contributed by atoms with Gasteiger partial charge in [0.1, 0.15) is 0 Å². The molecule has 0 unspecified atom stereocenters. The van der Waals surface area contributed by atoms with E-state index in [0.717, 1.165) is 0 Å². The molecule has 0 aliphatic carbocycles. The first kappa shape index (κ1) is 11.2. The molecule has 1 N–H and O–H groups in total. The van der Waals surface area contributed by atoms with Crippen LogP contribution in [0.2, 0.25) is 10.0 Å². The van der Waals surface area contributed by atoms with E-state index in [1.54, 1.807) is 31.3 Å². The quantitative estimate of drug-likeness (QED) is 0.827. The molecule has 0 amide bonds. The number of aromatic nitrogens is 1. The molecule has 0 bridgehead atoms. The molecule has 0 atom stereocenters. The SMILES string of the molecule is Cc1c(-c2c(Cl)cccc2Cl)[nH]ccc1=O. The van der Waals surface area contributed by atoms with Gasteiger partial charge in [0, 0.05) is 23.4 Å². The molecule has 0 radical (unpaired) electrons.